The molecule has 0 radical (unpaired) electrons. The summed E-state index contributed by atoms with van der Waals surface area (Å²) in [6.07, 6.45) is 2.63. The molecule has 0 aliphatic heterocycles. The number of nitrogens with one attached hydrogen (secondary N) is 1. The van der Waals surface area contributed by atoms with Crippen LogP contribution in [-0.2, 0) is 13.0 Å². The lowest BCUT2D eigenvalue weighted by atomic mass is 10.1. The summed E-state index contributed by atoms with van der Waals surface area (Å²) in [4.78, 5) is 4.23. The van der Waals surface area contributed by atoms with Crippen molar-refractivity contribution in [3.8, 4) is 0 Å². The standard InChI is InChI=1S/C14H15BrClN3/c15-12-7-13(16)14(19-9-12)18-8-11-3-1-10(2-4-11)5-6-17/h1-4,7,9H,5-6,8,17H2,(H,18,19). The van der Waals surface area contributed by atoms with Gasteiger partial charge in [0, 0.05) is 17.2 Å². The maximum Gasteiger partial charge on any atom is 0.145 e. The average molecular weight is 341 g/mol. The average Bonchev–Trinajstić information content (AvgIpc) is 2.40. The molecule has 1 aromatic heterocycles. The third-order valence-electron chi connectivity index (χ3n) is 2.72. The van der Waals surface area contributed by atoms with Crippen LogP contribution in [0.3, 0.4) is 0 Å². The zero-order valence-corrected chi connectivity index (χ0v) is 12.7. The molecule has 0 bridgehead atoms. The fourth-order valence-corrected chi connectivity index (χ4v) is 2.42. The van der Waals surface area contributed by atoms with Gasteiger partial charge in [0.25, 0.3) is 0 Å². The number of aromatic nitrogens is 1. The lowest BCUT2D eigenvalue weighted by molar-refractivity contribution is 0.965. The zero-order valence-electron chi connectivity index (χ0n) is 10.4. The summed E-state index contributed by atoms with van der Waals surface area (Å²) in [6.45, 7) is 1.37. The van der Waals surface area contributed by atoms with Crippen molar-refractivity contribution in [1.29, 1.82) is 0 Å². The van der Waals surface area contributed by atoms with Crippen molar-refractivity contribution in [2.75, 3.05) is 11.9 Å². The molecule has 2 aromatic rings. The Hall–Kier alpha value is -1.10. The molecule has 3 N–H and O–H groups in total. The molecule has 0 aliphatic carbocycles. The molecule has 19 heavy (non-hydrogen) atoms. The molecule has 1 heterocycles. The molecule has 0 aliphatic rings. The minimum Gasteiger partial charge on any atom is -0.365 e. The zero-order chi connectivity index (χ0) is 13.7. The van der Waals surface area contributed by atoms with Gasteiger partial charge in [-0.05, 0) is 46.1 Å². The Balaban J connectivity index is 1.98. The van der Waals surface area contributed by atoms with Crippen LogP contribution in [0.2, 0.25) is 5.02 Å². The van der Waals surface area contributed by atoms with Crippen molar-refractivity contribution in [2.24, 2.45) is 5.73 Å². The number of hydrogen-bond acceptors (Lipinski definition) is 3. The molecule has 1 aromatic carbocycles. The Bertz CT molecular complexity index is 543. The molecule has 0 saturated carbocycles. The van der Waals surface area contributed by atoms with Gasteiger partial charge in [0.2, 0.25) is 0 Å². The van der Waals surface area contributed by atoms with E-state index in [2.05, 4.69) is 50.5 Å². The summed E-state index contributed by atoms with van der Waals surface area (Å²) >= 11 is 9.42. The quantitative estimate of drug-likeness (QED) is 0.874. The van der Waals surface area contributed by atoms with E-state index in [9.17, 15) is 0 Å². The predicted octanol–water partition coefficient (Wildman–Crippen LogP) is 3.61. The molecular formula is C14H15BrClN3. The second-order valence-electron chi connectivity index (χ2n) is 4.19. The highest BCUT2D eigenvalue weighted by Gasteiger charge is 2.02. The van der Waals surface area contributed by atoms with Gasteiger partial charge in [-0.15, -0.1) is 0 Å². The highest BCUT2D eigenvalue weighted by Crippen LogP contribution is 2.23. The second kappa shape index (κ2) is 6.89. The first kappa shape index (κ1) is 14.3. The fourth-order valence-electron chi connectivity index (χ4n) is 1.72. The Morgan fingerprint density at radius 1 is 1.21 bits per heavy atom. The Morgan fingerprint density at radius 3 is 2.53 bits per heavy atom. The molecule has 0 saturated heterocycles. The van der Waals surface area contributed by atoms with E-state index in [1.54, 1.807) is 6.20 Å². The van der Waals surface area contributed by atoms with Gasteiger partial charge in [-0.2, -0.15) is 0 Å². The van der Waals surface area contributed by atoms with Crippen molar-refractivity contribution < 1.29 is 0 Å². The van der Waals surface area contributed by atoms with Crippen LogP contribution in [0.4, 0.5) is 5.82 Å². The third kappa shape index (κ3) is 4.20. The summed E-state index contributed by atoms with van der Waals surface area (Å²) in [5.74, 6) is 0.691. The largest absolute Gasteiger partial charge is 0.365 e. The number of nitrogens with zero attached hydrogens (tertiary/aromatic N) is 1. The normalized spacial score (nSPS) is 10.5. The number of anilines is 1. The molecular weight excluding hydrogens is 326 g/mol. The molecule has 0 fully saturated rings. The summed E-state index contributed by atoms with van der Waals surface area (Å²) < 4.78 is 0.870. The molecule has 0 spiro atoms. The molecule has 0 amide bonds. The van der Waals surface area contributed by atoms with Gasteiger partial charge in [0.15, 0.2) is 0 Å². The second-order valence-corrected chi connectivity index (χ2v) is 5.52. The van der Waals surface area contributed by atoms with E-state index in [1.807, 2.05) is 6.07 Å². The highest BCUT2D eigenvalue weighted by molar-refractivity contribution is 9.10. The monoisotopic (exact) mass is 339 g/mol. The third-order valence-corrected chi connectivity index (χ3v) is 3.45. The van der Waals surface area contributed by atoms with Gasteiger partial charge >= 0.3 is 0 Å². The van der Waals surface area contributed by atoms with Crippen LogP contribution in [0.15, 0.2) is 41.0 Å². The van der Waals surface area contributed by atoms with Gasteiger partial charge < -0.3 is 11.1 Å². The van der Waals surface area contributed by atoms with Crippen LogP contribution in [-0.4, -0.2) is 11.5 Å². The van der Waals surface area contributed by atoms with Crippen molar-refractivity contribution in [3.05, 3.63) is 57.2 Å². The van der Waals surface area contributed by atoms with E-state index >= 15 is 0 Å². The van der Waals surface area contributed by atoms with E-state index in [1.165, 1.54) is 11.1 Å². The van der Waals surface area contributed by atoms with Gasteiger partial charge in [-0.25, -0.2) is 4.98 Å². The minimum absolute atomic E-state index is 0.606. The van der Waals surface area contributed by atoms with Crippen molar-refractivity contribution in [2.45, 2.75) is 13.0 Å². The van der Waals surface area contributed by atoms with Gasteiger partial charge in [-0.3, -0.25) is 0 Å². The first-order valence-electron chi connectivity index (χ1n) is 6.02. The van der Waals surface area contributed by atoms with E-state index < -0.39 is 0 Å². The fraction of sp³-hybridized carbons (Fsp3) is 0.214. The van der Waals surface area contributed by atoms with Crippen LogP contribution in [0.1, 0.15) is 11.1 Å². The number of pyridine rings is 1. The topological polar surface area (TPSA) is 50.9 Å². The Kier molecular flexibility index (Phi) is 5.19. The SMILES string of the molecule is NCCc1ccc(CNc2ncc(Br)cc2Cl)cc1. The van der Waals surface area contributed by atoms with Crippen LogP contribution >= 0.6 is 27.5 Å². The van der Waals surface area contributed by atoms with Crippen molar-refractivity contribution in [3.63, 3.8) is 0 Å². The number of rotatable bonds is 5. The van der Waals surface area contributed by atoms with Crippen molar-refractivity contribution >= 4 is 33.3 Å². The lowest BCUT2D eigenvalue weighted by Crippen LogP contribution is -2.04. The van der Waals surface area contributed by atoms with E-state index in [0.717, 1.165) is 10.9 Å². The number of nitrogens with two attached hydrogens (primary N) is 1. The number of benzene rings is 1. The lowest BCUT2D eigenvalue weighted by Gasteiger charge is -2.08. The maximum absolute atomic E-state index is 6.09. The van der Waals surface area contributed by atoms with Gasteiger partial charge in [-0.1, -0.05) is 35.9 Å². The molecule has 100 valence electrons. The first-order chi connectivity index (χ1) is 9.19. The summed E-state index contributed by atoms with van der Waals surface area (Å²) in [7, 11) is 0. The van der Waals surface area contributed by atoms with Crippen molar-refractivity contribution in [1.82, 2.24) is 4.98 Å². The van der Waals surface area contributed by atoms with Gasteiger partial charge in [0.1, 0.15) is 5.82 Å². The summed E-state index contributed by atoms with van der Waals surface area (Å²) in [5, 5.41) is 3.82. The van der Waals surface area contributed by atoms with E-state index in [4.69, 9.17) is 17.3 Å². The summed E-state index contributed by atoms with van der Waals surface area (Å²) in [6, 6.07) is 10.2. The van der Waals surface area contributed by atoms with E-state index in [-0.39, 0.29) is 0 Å². The molecule has 2 rings (SSSR count). The predicted molar refractivity (Wildman–Crippen MR) is 83.5 cm³/mol. The number of hydrogen-bond donors (Lipinski definition) is 2. The van der Waals surface area contributed by atoms with Crippen LogP contribution in [0.25, 0.3) is 0 Å². The Labute approximate surface area is 126 Å². The summed E-state index contributed by atoms with van der Waals surface area (Å²) in [5.41, 5.74) is 7.96. The first-order valence-corrected chi connectivity index (χ1v) is 7.19. The highest BCUT2D eigenvalue weighted by atomic mass is 79.9. The van der Waals surface area contributed by atoms with Crippen LogP contribution in [0.5, 0.6) is 0 Å². The maximum atomic E-state index is 6.09. The van der Waals surface area contributed by atoms with Crippen LogP contribution in [0, 0.1) is 0 Å². The molecule has 0 unspecified atom stereocenters. The molecule has 0 atom stereocenters. The molecule has 5 heteroatoms. The van der Waals surface area contributed by atoms with Crippen LogP contribution < -0.4 is 11.1 Å². The minimum atomic E-state index is 0.606. The number of halogens is 2. The molecule has 3 nitrogen and oxygen atoms in total. The van der Waals surface area contributed by atoms with Gasteiger partial charge in [0.05, 0.1) is 5.02 Å². The van der Waals surface area contributed by atoms with E-state index in [0.29, 0.717) is 23.9 Å². The smallest absolute Gasteiger partial charge is 0.145 e. The Morgan fingerprint density at radius 2 is 1.89 bits per heavy atom.